The molecule has 0 bridgehead atoms. The van der Waals surface area contributed by atoms with Crippen molar-refractivity contribution in [2.45, 2.75) is 26.4 Å². The monoisotopic (exact) mass is 298 g/mol. The molecule has 0 atom stereocenters. The van der Waals surface area contributed by atoms with Crippen molar-refractivity contribution in [1.82, 2.24) is 8.61 Å². The Labute approximate surface area is 121 Å². The van der Waals surface area contributed by atoms with E-state index in [2.05, 4.69) is 0 Å². The molecule has 0 N–H and O–H groups in total. The molecule has 1 fully saturated rings. The zero-order valence-electron chi connectivity index (χ0n) is 12.0. The lowest BCUT2D eigenvalue weighted by Gasteiger charge is -2.34. The average molecular weight is 298 g/mol. The van der Waals surface area contributed by atoms with Crippen LogP contribution in [0.25, 0.3) is 0 Å². The van der Waals surface area contributed by atoms with Gasteiger partial charge in [0.15, 0.2) is 0 Å². The van der Waals surface area contributed by atoms with E-state index in [-0.39, 0.29) is 6.04 Å². The summed E-state index contributed by atoms with van der Waals surface area (Å²) in [5.74, 6) is 0. The minimum Gasteiger partial charge on any atom is -0.379 e. The molecule has 0 spiro atoms. The van der Waals surface area contributed by atoms with Gasteiger partial charge in [-0.2, -0.15) is 17.0 Å². The summed E-state index contributed by atoms with van der Waals surface area (Å²) < 4.78 is 33.7. The molecule has 0 amide bonds. The first-order valence-electron chi connectivity index (χ1n) is 6.90. The molecule has 6 heteroatoms. The van der Waals surface area contributed by atoms with Crippen LogP contribution in [0.5, 0.6) is 0 Å². The van der Waals surface area contributed by atoms with Crippen LogP contribution in [0.2, 0.25) is 0 Å². The predicted octanol–water partition coefficient (Wildman–Crippen LogP) is 1.47. The molecule has 112 valence electrons. The van der Waals surface area contributed by atoms with Gasteiger partial charge in [0.1, 0.15) is 0 Å². The Morgan fingerprint density at radius 1 is 1.20 bits per heavy atom. The van der Waals surface area contributed by atoms with Gasteiger partial charge < -0.3 is 4.74 Å². The van der Waals surface area contributed by atoms with Crippen LogP contribution in [-0.4, -0.2) is 49.4 Å². The lowest BCUT2D eigenvalue weighted by molar-refractivity contribution is 0.0693. The fourth-order valence-electron chi connectivity index (χ4n) is 2.22. The highest BCUT2D eigenvalue weighted by molar-refractivity contribution is 7.86. The molecule has 1 heterocycles. The molecule has 0 unspecified atom stereocenters. The van der Waals surface area contributed by atoms with E-state index in [4.69, 9.17) is 4.74 Å². The smallest absolute Gasteiger partial charge is 0.282 e. The average Bonchev–Trinajstić information content (AvgIpc) is 2.46. The van der Waals surface area contributed by atoms with Gasteiger partial charge >= 0.3 is 0 Å². The Kier molecular flexibility index (Phi) is 5.15. The van der Waals surface area contributed by atoms with E-state index in [1.807, 2.05) is 44.2 Å². The van der Waals surface area contributed by atoms with Crippen LogP contribution in [0, 0.1) is 0 Å². The molecule has 0 saturated carbocycles. The summed E-state index contributed by atoms with van der Waals surface area (Å²) in [5.41, 5.74) is 0.998. The first kappa shape index (κ1) is 15.4. The Hall–Kier alpha value is -0.950. The van der Waals surface area contributed by atoms with E-state index in [9.17, 15) is 8.42 Å². The second kappa shape index (κ2) is 6.67. The molecule has 1 saturated heterocycles. The summed E-state index contributed by atoms with van der Waals surface area (Å²) in [6.45, 7) is 6.01. The normalized spacial score (nSPS) is 17.8. The van der Waals surface area contributed by atoms with Crippen LogP contribution < -0.4 is 0 Å². The Morgan fingerprint density at radius 3 is 2.35 bits per heavy atom. The zero-order valence-corrected chi connectivity index (χ0v) is 12.8. The largest absolute Gasteiger partial charge is 0.379 e. The van der Waals surface area contributed by atoms with Gasteiger partial charge in [-0.3, -0.25) is 0 Å². The van der Waals surface area contributed by atoms with Crippen molar-refractivity contribution in [3.05, 3.63) is 35.9 Å². The number of hydrogen-bond donors (Lipinski definition) is 0. The van der Waals surface area contributed by atoms with Crippen molar-refractivity contribution in [2.24, 2.45) is 0 Å². The molecule has 2 rings (SSSR count). The summed E-state index contributed by atoms with van der Waals surface area (Å²) >= 11 is 0. The minimum absolute atomic E-state index is 0.0805. The summed E-state index contributed by atoms with van der Waals surface area (Å²) in [6.07, 6.45) is 0. The van der Waals surface area contributed by atoms with Gasteiger partial charge in [-0.15, -0.1) is 0 Å². The maximum absolute atomic E-state index is 12.7. The molecule has 1 aromatic carbocycles. The summed E-state index contributed by atoms with van der Waals surface area (Å²) in [6, 6.07) is 9.60. The number of nitrogens with zero attached hydrogens (tertiary/aromatic N) is 2. The molecule has 0 aliphatic carbocycles. The van der Waals surface area contributed by atoms with Crippen LogP contribution in [-0.2, 0) is 21.5 Å². The number of benzene rings is 1. The highest BCUT2D eigenvalue weighted by Crippen LogP contribution is 2.17. The lowest BCUT2D eigenvalue weighted by atomic mass is 10.2. The molecule has 0 aromatic heterocycles. The zero-order chi connectivity index (χ0) is 14.6. The first-order valence-corrected chi connectivity index (χ1v) is 8.30. The van der Waals surface area contributed by atoms with Crippen molar-refractivity contribution in [1.29, 1.82) is 0 Å². The molecular formula is C14H22N2O3S. The standard InChI is InChI=1S/C14H22N2O3S/c1-13(2)16(12-14-6-4-3-5-7-14)20(17,18)15-8-10-19-11-9-15/h3-7,13H,8-12H2,1-2H3. The third-order valence-electron chi connectivity index (χ3n) is 3.35. The maximum atomic E-state index is 12.7. The SMILES string of the molecule is CC(C)N(Cc1ccccc1)S(=O)(=O)N1CCOCC1. The van der Waals surface area contributed by atoms with Gasteiger partial charge in [-0.05, 0) is 19.4 Å². The van der Waals surface area contributed by atoms with Gasteiger partial charge in [-0.1, -0.05) is 30.3 Å². The van der Waals surface area contributed by atoms with Gasteiger partial charge in [0.2, 0.25) is 0 Å². The highest BCUT2D eigenvalue weighted by atomic mass is 32.2. The van der Waals surface area contributed by atoms with Crippen molar-refractivity contribution in [3.8, 4) is 0 Å². The van der Waals surface area contributed by atoms with Crippen LogP contribution in [0.3, 0.4) is 0 Å². The molecule has 1 aliphatic rings. The summed E-state index contributed by atoms with van der Waals surface area (Å²) in [7, 11) is -3.43. The van der Waals surface area contributed by atoms with E-state index in [1.54, 1.807) is 4.31 Å². The second-order valence-corrected chi connectivity index (χ2v) is 7.02. The molecule has 20 heavy (non-hydrogen) atoms. The quantitative estimate of drug-likeness (QED) is 0.827. The third-order valence-corrected chi connectivity index (χ3v) is 5.51. The van der Waals surface area contributed by atoms with Gasteiger partial charge in [0.25, 0.3) is 10.2 Å². The predicted molar refractivity (Wildman–Crippen MR) is 78.4 cm³/mol. The van der Waals surface area contributed by atoms with E-state index in [0.717, 1.165) is 5.56 Å². The van der Waals surface area contributed by atoms with Gasteiger partial charge in [0.05, 0.1) is 13.2 Å². The van der Waals surface area contributed by atoms with E-state index in [1.165, 1.54) is 4.31 Å². The Balaban J connectivity index is 2.19. The summed E-state index contributed by atoms with van der Waals surface area (Å²) in [4.78, 5) is 0. The van der Waals surface area contributed by atoms with Crippen LogP contribution in [0.15, 0.2) is 30.3 Å². The van der Waals surface area contributed by atoms with Crippen LogP contribution >= 0.6 is 0 Å². The number of rotatable bonds is 5. The van der Waals surface area contributed by atoms with E-state index in [0.29, 0.717) is 32.8 Å². The van der Waals surface area contributed by atoms with Gasteiger partial charge in [0, 0.05) is 25.7 Å². The fourth-order valence-corrected chi connectivity index (χ4v) is 3.97. The highest BCUT2D eigenvalue weighted by Gasteiger charge is 2.32. The van der Waals surface area contributed by atoms with Crippen molar-refractivity contribution in [2.75, 3.05) is 26.3 Å². The molecular weight excluding hydrogens is 276 g/mol. The molecule has 1 aromatic rings. The Morgan fingerprint density at radius 2 is 1.80 bits per heavy atom. The van der Waals surface area contributed by atoms with Crippen molar-refractivity contribution in [3.63, 3.8) is 0 Å². The number of morpholine rings is 1. The topological polar surface area (TPSA) is 49.9 Å². The van der Waals surface area contributed by atoms with Crippen LogP contribution in [0.1, 0.15) is 19.4 Å². The van der Waals surface area contributed by atoms with Crippen LogP contribution in [0.4, 0.5) is 0 Å². The lowest BCUT2D eigenvalue weighted by Crippen LogP contribution is -2.50. The molecule has 5 nitrogen and oxygen atoms in total. The summed E-state index contributed by atoms with van der Waals surface area (Å²) in [5, 5.41) is 0. The minimum atomic E-state index is -3.43. The van der Waals surface area contributed by atoms with Crippen molar-refractivity contribution >= 4 is 10.2 Å². The fraction of sp³-hybridized carbons (Fsp3) is 0.571. The Bertz CT molecular complexity index is 510. The second-order valence-electron chi connectivity index (χ2n) is 5.14. The first-order chi connectivity index (χ1) is 9.51. The maximum Gasteiger partial charge on any atom is 0.282 e. The number of ether oxygens (including phenoxy) is 1. The van der Waals surface area contributed by atoms with Crippen molar-refractivity contribution < 1.29 is 13.2 Å². The van der Waals surface area contributed by atoms with E-state index < -0.39 is 10.2 Å². The molecule has 1 aliphatic heterocycles. The van der Waals surface area contributed by atoms with E-state index >= 15 is 0 Å². The third kappa shape index (κ3) is 3.58. The number of hydrogen-bond acceptors (Lipinski definition) is 3. The molecule has 0 radical (unpaired) electrons. The van der Waals surface area contributed by atoms with Gasteiger partial charge in [-0.25, -0.2) is 0 Å².